The zero-order chi connectivity index (χ0) is 18.9. The third-order valence-electron chi connectivity index (χ3n) is 5.30. The van der Waals surface area contributed by atoms with Crippen molar-refractivity contribution < 1.29 is 22.7 Å². The topological polar surface area (TPSA) is 90.5 Å². The number of carbonyl (C=O) groups excluding carboxylic acids is 2. The van der Waals surface area contributed by atoms with Crippen LogP contribution in [0.3, 0.4) is 0 Å². The molecule has 3 saturated heterocycles. The molecule has 2 amide bonds. The highest BCUT2D eigenvalue weighted by molar-refractivity contribution is 7.86. The molecule has 9 nitrogen and oxygen atoms in total. The number of ether oxygens (including phenoxy) is 1. The summed E-state index contributed by atoms with van der Waals surface area (Å²) in [6.45, 7) is 7.25. The molecule has 3 aliphatic rings. The SMILES string of the molecule is CC(C)N1C[C@H](C(=O)N2CCN(S(=O)(=O)N3CCOCC3)CC2)CC1=O. The Balaban J connectivity index is 1.55. The first kappa shape index (κ1) is 19.5. The van der Waals surface area contributed by atoms with Crippen molar-refractivity contribution in [2.24, 2.45) is 5.92 Å². The van der Waals surface area contributed by atoms with E-state index in [1.807, 2.05) is 13.8 Å². The molecule has 0 saturated carbocycles. The van der Waals surface area contributed by atoms with Crippen molar-refractivity contribution in [2.45, 2.75) is 26.3 Å². The summed E-state index contributed by atoms with van der Waals surface area (Å²) in [4.78, 5) is 28.2. The Kier molecular flexibility index (Phi) is 5.85. The maximum absolute atomic E-state index is 12.7. The van der Waals surface area contributed by atoms with Gasteiger partial charge in [-0.15, -0.1) is 0 Å². The van der Waals surface area contributed by atoms with Crippen molar-refractivity contribution in [3.05, 3.63) is 0 Å². The molecule has 10 heteroatoms. The van der Waals surface area contributed by atoms with E-state index in [9.17, 15) is 18.0 Å². The first-order chi connectivity index (χ1) is 12.3. The summed E-state index contributed by atoms with van der Waals surface area (Å²) >= 11 is 0. The average molecular weight is 388 g/mol. The standard InChI is InChI=1S/C16H28N4O5S/c1-13(2)20-12-14(11-15(20)21)16(22)17-3-5-18(6-4-17)26(23,24)19-7-9-25-10-8-19/h13-14H,3-12H2,1-2H3/t14-/m1/s1. The number of carbonyl (C=O) groups is 2. The van der Waals surface area contributed by atoms with E-state index in [1.54, 1.807) is 9.80 Å². The van der Waals surface area contributed by atoms with Gasteiger partial charge in [0.2, 0.25) is 11.8 Å². The van der Waals surface area contributed by atoms with Crippen LogP contribution in [0.25, 0.3) is 0 Å². The van der Waals surface area contributed by atoms with E-state index in [0.717, 1.165) is 0 Å². The largest absolute Gasteiger partial charge is 0.379 e. The van der Waals surface area contributed by atoms with Gasteiger partial charge in [-0.2, -0.15) is 17.0 Å². The Hall–Kier alpha value is -1.23. The summed E-state index contributed by atoms with van der Waals surface area (Å²) in [5, 5.41) is 0. The van der Waals surface area contributed by atoms with Crippen LogP contribution in [0.4, 0.5) is 0 Å². The molecule has 1 atom stereocenters. The first-order valence-electron chi connectivity index (χ1n) is 9.22. The summed E-state index contributed by atoms with van der Waals surface area (Å²) in [6, 6.07) is 0.0933. The zero-order valence-corrected chi connectivity index (χ0v) is 16.3. The molecule has 3 aliphatic heterocycles. The summed E-state index contributed by atoms with van der Waals surface area (Å²) in [5.74, 6) is -0.330. The van der Waals surface area contributed by atoms with E-state index in [-0.39, 0.29) is 30.2 Å². The van der Waals surface area contributed by atoms with Gasteiger partial charge in [-0.05, 0) is 13.8 Å². The minimum absolute atomic E-state index is 0.0203. The third-order valence-corrected chi connectivity index (χ3v) is 7.34. The van der Waals surface area contributed by atoms with Crippen LogP contribution in [0, 0.1) is 5.92 Å². The predicted molar refractivity (Wildman–Crippen MR) is 94.4 cm³/mol. The van der Waals surface area contributed by atoms with Crippen LogP contribution in [-0.2, 0) is 24.5 Å². The molecule has 3 fully saturated rings. The Labute approximate surface area is 155 Å². The quantitative estimate of drug-likeness (QED) is 0.614. The highest BCUT2D eigenvalue weighted by Gasteiger charge is 2.40. The first-order valence-corrected chi connectivity index (χ1v) is 10.6. The second-order valence-corrected chi connectivity index (χ2v) is 9.21. The molecular formula is C16H28N4O5S. The normalized spacial score (nSPS) is 26.7. The van der Waals surface area contributed by atoms with Gasteiger partial charge in [-0.1, -0.05) is 0 Å². The summed E-state index contributed by atoms with van der Waals surface area (Å²) < 4.78 is 33.5. The van der Waals surface area contributed by atoms with Crippen molar-refractivity contribution in [3.63, 3.8) is 0 Å². The summed E-state index contributed by atoms with van der Waals surface area (Å²) in [5.41, 5.74) is 0. The van der Waals surface area contributed by atoms with Crippen LogP contribution in [0.15, 0.2) is 0 Å². The van der Waals surface area contributed by atoms with E-state index in [4.69, 9.17) is 4.74 Å². The van der Waals surface area contributed by atoms with Crippen molar-refractivity contribution in [3.8, 4) is 0 Å². The van der Waals surface area contributed by atoms with Crippen molar-refractivity contribution in [1.29, 1.82) is 0 Å². The molecule has 0 N–H and O–H groups in total. The van der Waals surface area contributed by atoms with E-state index in [0.29, 0.717) is 59.0 Å². The fourth-order valence-electron chi connectivity index (χ4n) is 3.73. The molecular weight excluding hydrogens is 360 g/mol. The third kappa shape index (κ3) is 3.88. The fraction of sp³-hybridized carbons (Fsp3) is 0.875. The molecule has 0 bridgehead atoms. The second-order valence-electron chi connectivity index (χ2n) is 7.28. The fourth-order valence-corrected chi connectivity index (χ4v) is 5.30. The lowest BCUT2D eigenvalue weighted by Crippen LogP contribution is -2.56. The predicted octanol–water partition coefficient (Wildman–Crippen LogP) is -1.04. The Morgan fingerprint density at radius 1 is 1.04 bits per heavy atom. The maximum Gasteiger partial charge on any atom is 0.282 e. The number of nitrogens with zero attached hydrogens (tertiary/aromatic N) is 4. The van der Waals surface area contributed by atoms with E-state index in [2.05, 4.69) is 0 Å². The summed E-state index contributed by atoms with van der Waals surface area (Å²) in [6.07, 6.45) is 0.253. The molecule has 0 unspecified atom stereocenters. The van der Waals surface area contributed by atoms with Gasteiger partial charge in [0.15, 0.2) is 0 Å². The lowest BCUT2D eigenvalue weighted by Gasteiger charge is -2.38. The highest BCUT2D eigenvalue weighted by atomic mass is 32.2. The number of amides is 2. The highest BCUT2D eigenvalue weighted by Crippen LogP contribution is 2.23. The Bertz CT molecular complexity index is 639. The van der Waals surface area contributed by atoms with Crippen molar-refractivity contribution >= 4 is 22.0 Å². The van der Waals surface area contributed by atoms with Crippen LogP contribution in [-0.4, -0.2) is 104 Å². The smallest absolute Gasteiger partial charge is 0.282 e. The molecule has 0 aromatic heterocycles. The molecule has 0 aliphatic carbocycles. The molecule has 3 rings (SSSR count). The van der Waals surface area contributed by atoms with E-state index >= 15 is 0 Å². The minimum atomic E-state index is -3.50. The minimum Gasteiger partial charge on any atom is -0.379 e. The van der Waals surface area contributed by atoms with Crippen LogP contribution in [0.5, 0.6) is 0 Å². The number of morpholine rings is 1. The molecule has 26 heavy (non-hydrogen) atoms. The molecule has 0 spiro atoms. The lowest BCUT2D eigenvalue weighted by molar-refractivity contribution is -0.137. The zero-order valence-electron chi connectivity index (χ0n) is 15.5. The summed E-state index contributed by atoms with van der Waals surface area (Å²) in [7, 11) is -3.50. The Morgan fingerprint density at radius 3 is 2.15 bits per heavy atom. The van der Waals surface area contributed by atoms with Crippen molar-refractivity contribution in [2.75, 3.05) is 59.0 Å². The van der Waals surface area contributed by atoms with Crippen molar-refractivity contribution in [1.82, 2.24) is 18.4 Å². The number of hydrogen-bond acceptors (Lipinski definition) is 5. The van der Waals surface area contributed by atoms with Gasteiger partial charge in [0.05, 0.1) is 19.1 Å². The van der Waals surface area contributed by atoms with Gasteiger partial charge < -0.3 is 14.5 Å². The van der Waals surface area contributed by atoms with Gasteiger partial charge in [0, 0.05) is 58.3 Å². The lowest BCUT2D eigenvalue weighted by atomic mass is 10.1. The molecule has 3 heterocycles. The number of rotatable bonds is 4. The molecule has 148 valence electrons. The number of hydrogen-bond donors (Lipinski definition) is 0. The second kappa shape index (κ2) is 7.79. The molecule has 0 aromatic rings. The molecule has 0 radical (unpaired) electrons. The number of piperazine rings is 1. The maximum atomic E-state index is 12.7. The van der Waals surface area contributed by atoms with Gasteiger partial charge in [-0.25, -0.2) is 0 Å². The number of likely N-dealkylation sites (tertiary alicyclic amines) is 1. The van der Waals surface area contributed by atoms with Crippen LogP contribution in [0.1, 0.15) is 20.3 Å². The van der Waals surface area contributed by atoms with Gasteiger partial charge in [-0.3, -0.25) is 9.59 Å². The average Bonchev–Trinajstić information content (AvgIpc) is 3.04. The van der Waals surface area contributed by atoms with Gasteiger partial charge in [0.25, 0.3) is 10.2 Å². The van der Waals surface area contributed by atoms with E-state index < -0.39 is 10.2 Å². The Morgan fingerprint density at radius 2 is 1.62 bits per heavy atom. The molecule has 0 aromatic carbocycles. The van der Waals surface area contributed by atoms with Crippen LogP contribution < -0.4 is 0 Å². The van der Waals surface area contributed by atoms with Crippen LogP contribution >= 0.6 is 0 Å². The van der Waals surface area contributed by atoms with Crippen LogP contribution in [0.2, 0.25) is 0 Å². The van der Waals surface area contributed by atoms with Gasteiger partial charge in [0.1, 0.15) is 0 Å². The van der Waals surface area contributed by atoms with Gasteiger partial charge >= 0.3 is 0 Å². The monoisotopic (exact) mass is 388 g/mol. The van der Waals surface area contributed by atoms with E-state index in [1.165, 1.54) is 8.61 Å².